The molecule has 3 rings (SSSR count). The molecule has 3 aliphatic carbocycles. The predicted octanol–water partition coefficient (Wildman–Crippen LogP) is 8.50. The number of allylic oxidation sites excluding steroid dienone is 2. The highest BCUT2D eigenvalue weighted by molar-refractivity contribution is 5.27. The van der Waals surface area contributed by atoms with E-state index in [1.165, 1.54) is 44.6 Å². The van der Waals surface area contributed by atoms with Gasteiger partial charge in [-0.05, 0) is 74.2 Å². The zero-order chi connectivity index (χ0) is 24.3. The number of alkyl halides is 7. The Morgan fingerprint density at radius 2 is 1.45 bits per heavy atom. The van der Waals surface area contributed by atoms with Crippen LogP contribution in [0, 0.1) is 23.7 Å². The molecule has 1 atom stereocenters. The Morgan fingerprint density at radius 3 is 1.94 bits per heavy atom. The van der Waals surface area contributed by atoms with Gasteiger partial charge in [0.25, 0.3) is 0 Å². The van der Waals surface area contributed by atoms with E-state index in [1.54, 1.807) is 12.2 Å². The molecule has 0 aliphatic heterocycles. The molecule has 0 N–H and O–H groups in total. The molecule has 0 aromatic heterocycles. The molecule has 8 heteroatoms. The van der Waals surface area contributed by atoms with Gasteiger partial charge in [-0.15, -0.1) is 0 Å². The van der Waals surface area contributed by atoms with Crippen molar-refractivity contribution in [3.8, 4) is 0 Å². The van der Waals surface area contributed by atoms with Crippen LogP contribution in [0.3, 0.4) is 0 Å². The summed E-state index contributed by atoms with van der Waals surface area (Å²) in [6.07, 6.45) is 9.49. The Morgan fingerprint density at radius 1 is 0.879 bits per heavy atom. The SMILES string of the molecule is CCC[C@H]1CC[C@H](C2CCC(C3=CCC(OC(F)(F)C(F)(F)C(F)(F)CF)C=C3)CC2)CC1. The van der Waals surface area contributed by atoms with Crippen LogP contribution in [-0.2, 0) is 4.74 Å². The molecule has 0 saturated heterocycles. The number of halogens is 7. The summed E-state index contributed by atoms with van der Waals surface area (Å²) in [6, 6.07) is 0. The molecule has 2 saturated carbocycles. The molecule has 0 aromatic carbocycles. The van der Waals surface area contributed by atoms with Crippen molar-refractivity contribution in [2.45, 2.75) is 102 Å². The average molecular weight is 485 g/mol. The van der Waals surface area contributed by atoms with E-state index in [0.717, 1.165) is 49.0 Å². The van der Waals surface area contributed by atoms with Crippen molar-refractivity contribution < 1.29 is 35.5 Å². The van der Waals surface area contributed by atoms with E-state index in [9.17, 15) is 30.7 Å². The lowest BCUT2D eigenvalue weighted by Crippen LogP contribution is -2.57. The summed E-state index contributed by atoms with van der Waals surface area (Å²) in [4.78, 5) is 0. The van der Waals surface area contributed by atoms with Gasteiger partial charge in [0.05, 0.1) is 6.10 Å². The maximum Gasteiger partial charge on any atom is 0.426 e. The Hall–Kier alpha value is -1.05. The fourth-order valence-electron chi connectivity index (χ4n) is 5.85. The lowest BCUT2D eigenvalue weighted by Gasteiger charge is -2.38. The zero-order valence-corrected chi connectivity index (χ0v) is 19.2. The van der Waals surface area contributed by atoms with Crippen molar-refractivity contribution in [3.05, 3.63) is 23.8 Å². The second-order valence-corrected chi connectivity index (χ2v) is 10.1. The van der Waals surface area contributed by atoms with Crippen molar-refractivity contribution in [2.75, 3.05) is 6.67 Å². The molecule has 1 unspecified atom stereocenters. The topological polar surface area (TPSA) is 9.23 Å². The number of hydrogen-bond acceptors (Lipinski definition) is 1. The highest BCUT2D eigenvalue weighted by Gasteiger charge is 2.73. The van der Waals surface area contributed by atoms with Crippen LogP contribution in [-0.4, -0.2) is 30.7 Å². The Labute approximate surface area is 191 Å². The van der Waals surface area contributed by atoms with E-state index in [4.69, 9.17) is 0 Å². The largest absolute Gasteiger partial charge is 0.426 e. The average Bonchev–Trinajstić information content (AvgIpc) is 2.80. The van der Waals surface area contributed by atoms with Gasteiger partial charge in [0, 0.05) is 0 Å². The molecule has 1 nitrogen and oxygen atoms in total. The molecule has 0 radical (unpaired) electrons. The molecule has 0 aromatic rings. The standard InChI is InChI=1S/C25H35F7O/c1-2-3-17-4-6-18(7-5-17)19-8-10-20(11-9-19)21-12-14-22(15-13-21)33-25(31,32)24(29,30)23(27,28)16-26/h12-14,17-20,22H,2-11,15-16H2,1H3/t17-,18-,19?,20?,22?. The third-order valence-electron chi connectivity index (χ3n) is 7.88. The van der Waals surface area contributed by atoms with Crippen LogP contribution in [0.5, 0.6) is 0 Å². The van der Waals surface area contributed by atoms with Crippen LogP contribution in [0.4, 0.5) is 30.7 Å². The van der Waals surface area contributed by atoms with Crippen molar-refractivity contribution >= 4 is 0 Å². The van der Waals surface area contributed by atoms with Gasteiger partial charge in [-0.1, -0.05) is 50.8 Å². The molecule has 0 heterocycles. The Bertz CT molecular complexity index is 687. The minimum atomic E-state index is -5.94. The van der Waals surface area contributed by atoms with Crippen LogP contribution >= 0.6 is 0 Å². The summed E-state index contributed by atoms with van der Waals surface area (Å²) in [5, 5.41) is 0. The van der Waals surface area contributed by atoms with E-state index >= 15 is 0 Å². The first-order valence-corrected chi connectivity index (χ1v) is 12.3. The lowest BCUT2D eigenvalue weighted by atomic mass is 9.67. The van der Waals surface area contributed by atoms with Gasteiger partial charge in [-0.25, -0.2) is 4.39 Å². The molecular weight excluding hydrogens is 449 g/mol. The van der Waals surface area contributed by atoms with Gasteiger partial charge < -0.3 is 4.74 Å². The van der Waals surface area contributed by atoms with Crippen molar-refractivity contribution in [3.63, 3.8) is 0 Å². The minimum Gasteiger partial charge on any atom is -0.308 e. The molecule has 2 fully saturated rings. The monoisotopic (exact) mass is 484 g/mol. The predicted molar refractivity (Wildman–Crippen MR) is 113 cm³/mol. The van der Waals surface area contributed by atoms with Gasteiger partial charge in [0.2, 0.25) is 0 Å². The summed E-state index contributed by atoms with van der Waals surface area (Å²) >= 11 is 0. The number of ether oxygens (including phenoxy) is 1. The normalized spacial score (nSPS) is 32.0. The summed E-state index contributed by atoms with van der Waals surface area (Å²) < 4.78 is 96.6. The maximum atomic E-state index is 13.7. The van der Waals surface area contributed by atoms with E-state index < -0.39 is 30.7 Å². The van der Waals surface area contributed by atoms with Gasteiger partial charge in [0.1, 0.15) is 0 Å². The second kappa shape index (κ2) is 10.7. The smallest absolute Gasteiger partial charge is 0.308 e. The molecule has 190 valence electrons. The van der Waals surface area contributed by atoms with E-state index in [-0.39, 0.29) is 12.3 Å². The molecule has 0 bridgehead atoms. The fraction of sp³-hybridized carbons (Fsp3) is 0.840. The number of rotatable bonds is 9. The Balaban J connectivity index is 1.47. The van der Waals surface area contributed by atoms with Crippen molar-refractivity contribution in [2.24, 2.45) is 23.7 Å². The molecular formula is C25H35F7O. The fourth-order valence-corrected chi connectivity index (χ4v) is 5.85. The summed E-state index contributed by atoms with van der Waals surface area (Å²) in [6.45, 7) is -0.658. The highest BCUT2D eigenvalue weighted by atomic mass is 19.4. The van der Waals surface area contributed by atoms with Gasteiger partial charge in [-0.3, -0.25) is 0 Å². The highest BCUT2D eigenvalue weighted by Crippen LogP contribution is 2.48. The summed E-state index contributed by atoms with van der Waals surface area (Å²) in [7, 11) is 0. The van der Waals surface area contributed by atoms with Crippen LogP contribution in [0.2, 0.25) is 0 Å². The van der Waals surface area contributed by atoms with E-state index in [1.807, 2.05) is 0 Å². The van der Waals surface area contributed by atoms with Crippen LogP contribution in [0.25, 0.3) is 0 Å². The third kappa shape index (κ3) is 5.96. The van der Waals surface area contributed by atoms with Crippen LogP contribution < -0.4 is 0 Å². The van der Waals surface area contributed by atoms with E-state index in [2.05, 4.69) is 11.7 Å². The molecule has 0 amide bonds. The van der Waals surface area contributed by atoms with Crippen molar-refractivity contribution in [1.82, 2.24) is 0 Å². The van der Waals surface area contributed by atoms with Gasteiger partial charge in [-0.2, -0.15) is 26.3 Å². The summed E-state index contributed by atoms with van der Waals surface area (Å²) in [5.74, 6) is -8.77. The van der Waals surface area contributed by atoms with Crippen molar-refractivity contribution in [1.29, 1.82) is 0 Å². The summed E-state index contributed by atoms with van der Waals surface area (Å²) in [5.41, 5.74) is 0.962. The molecule has 33 heavy (non-hydrogen) atoms. The maximum absolute atomic E-state index is 13.7. The van der Waals surface area contributed by atoms with Crippen LogP contribution in [0.15, 0.2) is 23.8 Å². The molecule has 0 spiro atoms. The van der Waals surface area contributed by atoms with Crippen LogP contribution in [0.1, 0.15) is 77.6 Å². The first-order valence-electron chi connectivity index (χ1n) is 12.3. The Kier molecular flexibility index (Phi) is 8.61. The zero-order valence-electron chi connectivity index (χ0n) is 19.2. The third-order valence-corrected chi connectivity index (χ3v) is 7.88. The second-order valence-electron chi connectivity index (χ2n) is 10.1. The number of hydrogen-bond donors (Lipinski definition) is 0. The van der Waals surface area contributed by atoms with E-state index in [0.29, 0.717) is 0 Å². The molecule has 3 aliphatic rings. The first kappa shape index (κ1) is 26.6. The van der Waals surface area contributed by atoms with Gasteiger partial charge >= 0.3 is 18.0 Å². The first-order chi connectivity index (χ1) is 15.5. The van der Waals surface area contributed by atoms with Gasteiger partial charge in [0.15, 0.2) is 6.67 Å². The quantitative estimate of drug-likeness (QED) is 0.298. The lowest BCUT2D eigenvalue weighted by molar-refractivity contribution is -0.405. The minimum absolute atomic E-state index is 0.111.